The first-order valence-electron chi connectivity index (χ1n) is 33.3. The molecular formula is C64H124O17P2. The number of unbranched alkanes of at least 4 members (excludes halogenated alkanes) is 25. The molecule has 492 valence electrons. The van der Waals surface area contributed by atoms with E-state index in [0.29, 0.717) is 31.6 Å². The van der Waals surface area contributed by atoms with E-state index in [1.54, 1.807) is 0 Å². The zero-order valence-electron chi connectivity index (χ0n) is 53.8. The second kappa shape index (κ2) is 54.2. The van der Waals surface area contributed by atoms with E-state index in [0.717, 1.165) is 114 Å². The van der Waals surface area contributed by atoms with Crippen LogP contribution in [0.4, 0.5) is 0 Å². The Labute approximate surface area is 505 Å². The maximum atomic E-state index is 13.0. The first-order chi connectivity index (χ1) is 39.7. The summed E-state index contributed by atoms with van der Waals surface area (Å²) in [5.41, 5.74) is 0. The van der Waals surface area contributed by atoms with Gasteiger partial charge in [-0.25, -0.2) is 9.13 Å². The van der Waals surface area contributed by atoms with E-state index in [4.69, 9.17) is 37.0 Å². The van der Waals surface area contributed by atoms with Crippen molar-refractivity contribution in [1.82, 2.24) is 0 Å². The zero-order chi connectivity index (χ0) is 61.8. The molecule has 19 heteroatoms. The third-order valence-electron chi connectivity index (χ3n) is 15.3. The lowest BCUT2D eigenvalue weighted by Crippen LogP contribution is -2.30. The van der Waals surface area contributed by atoms with Gasteiger partial charge in [0.1, 0.15) is 19.3 Å². The summed E-state index contributed by atoms with van der Waals surface area (Å²) in [5.74, 6) is 0.780. The van der Waals surface area contributed by atoms with Crippen LogP contribution in [0.25, 0.3) is 0 Å². The SMILES string of the molecule is CCC(C)CCCCCCCCCCC(=O)O[C@H](COC(=O)CCCCCCCCCCC(C)C)COP(=O)(O)OC[C@@H](O)COP(=O)(O)OC[C@@H](COC(=O)CCCCCCCCC(C)CC)OC(=O)CCCCCCCCCC(C)C. The summed E-state index contributed by atoms with van der Waals surface area (Å²) in [6, 6.07) is 0. The van der Waals surface area contributed by atoms with Crippen molar-refractivity contribution in [2.24, 2.45) is 23.7 Å². The minimum Gasteiger partial charge on any atom is -0.462 e. The Balaban J connectivity index is 5.27. The highest BCUT2D eigenvalue weighted by molar-refractivity contribution is 7.47. The van der Waals surface area contributed by atoms with Crippen LogP contribution < -0.4 is 0 Å². The quantitative estimate of drug-likeness (QED) is 0.0222. The maximum absolute atomic E-state index is 13.0. The molecule has 0 aliphatic rings. The minimum absolute atomic E-state index is 0.102. The largest absolute Gasteiger partial charge is 0.472 e. The van der Waals surface area contributed by atoms with Crippen molar-refractivity contribution in [1.29, 1.82) is 0 Å². The van der Waals surface area contributed by atoms with Gasteiger partial charge in [-0.2, -0.15) is 0 Å². The summed E-state index contributed by atoms with van der Waals surface area (Å²) in [6.45, 7) is 13.9. The van der Waals surface area contributed by atoms with E-state index in [1.165, 1.54) is 103 Å². The van der Waals surface area contributed by atoms with Gasteiger partial charge in [0.15, 0.2) is 12.2 Å². The number of esters is 4. The Kier molecular flexibility index (Phi) is 53.0. The molecule has 7 atom stereocenters. The van der Waals surface area contributed by atoms with E-state index in [9.17, 15) is 43.2 Å². The van der Waals surface area contributed by atoms with Crippen molar-refractivity contribution < 1.29 is 80.2 Å². The van der Waals surface area contributed by atoms with Crippen molar-refractivity contribution in [3.8, 4) is 0 Å². The Morgan fingerprint density at radius 2 is 0.578 bits per heavy atom. The number of rotatable bonds is 61. The molecule has 0 spiro atoms. The molecule has 0 aliphatic carbocycles. The number of carbonyl (C=O) groups is 4. The molecule has 0 aliphatic heterocycles. The molecule has 0 saturated heterocycles. The molecule has 0 aromatic rings. The molecule has 0 aromatic carbocycles. The van der Waals surface area contributed by atoms with Gasteiger partial charge in [-0.15, -0.1) is 0 Å². The summed E-state index contributed by atoms with van der Waals surface area (Å²) in [4.78, 5) is 72.2. The van der Waals surface area contributed by atoms with Crippen molar-refractivity contribution in [3.05, 3.63) is 0 Å². The molecular weight excluding hydrogens is 1100 g/mol. The molecule has 0 fully saturated rings. The molecule has 0 heterocycles. The highest BCUT2D eigenvalue weighted by atomic mass is 31.2. The third-order valence-corrected chi connectivity index (χ3v) is 17.2. The molecule has 3 N–H and O–H groups in total. The van der Waals surface area contributed by atoms with Crippen LogP contribution in [-0.4, -0.2) is 96.7 Å². The van der Waals surface area contributed by atoms with Gasteiger partial charge in [0.2, 0.25) is 0 Å². The van der Waals surface area contributed by atoms with Gasteiger partial charge in [0, 0.05) is 25.7 Å². The predicted molar refractivity (Wildman–Crippen MR) is 331 cm³/mol. The van der Waals surface area contributed by atoms with Crippen molar-refractivity contribution in [2.45, 2.75) is 324 Å². The Morgan fingerprint density at radius 3 is 0.855 bits per heavy atom. The Bertz CT molecular complexity index is 1670. The Hall–Kier alpha value is -1.94. The van der Waals surface area contributed by atoms with Crippen LogP contribution in [0.5, 0.6) is 0 Å². The van der Waals surface area contributed by atoms with E-state index in [1.807, 2.05) is 0 Å². The summed E-state index contributed by atoms with van der Waals surface area (Å²) in [5, 5.41) is 10.5. The van der Waals surface area contributed by atoms with Gasteiger partial charge in [-0.05, 0) is 49.4 Å². The van der Waals surface area contributed by atoms with Crippen LogP contribution in [0.1, 0.15) is 306 Å². The molecule has 0 radical (unpaired) electrons. The highest BCUT2D eigenvalue weighted by Crippen LogP contribution is 2.45. The first kappa shape index (κ1) is 81.1. The van der Waals surface area contributed by atoms with Crippen molar-refractivity contribution in [2.75, 3.05) is 39.6 Å². The average molecular weight is 1230 g/mol. The summed E-state index contributed by atoms with van der Waals surface area (Å²) in [6.07, 6.45) is 33.6. The molecule has 83 heavy (non-hydrogen) atoms. The van der Waals surface area contributed by atoms with Crippen LogP contribution in [0, 0.1) is 23.7 Å². The fourth-order valence-electron chi connectivity index (χ4n) is 9.36. The number of ether oxygens (including phenoxy) is 4. The lowest BCUT2D eigenvalue weighted by atomic mass is 9.99. The monoisotopic (exact) mass is 1230 g/mol. The second-order valence-corrected chi connectivity index (χ2v) is 27.5. The minimum atomic E-state index is -4.95. The van der Waals surface area contributed by atoms with Crippen LogP contribution in [-0.2, 0) is 65.4 Å². The van der Waals surface area contributed by atoms with E-state index < -0.39 is 97.5 Å². The standard InChI is InChI=1S/C64H124O17P2/c1-9-56(7)42-34-26-18-12-14-20-30-38-46-63(68)80-59(50-74-61(66)44-36-28-19-13-11-16-24-32-40-54(3)4)52-78-82(70,71)76-48-58(65)49-77-83(72,73)79-53-60(81-64(69)47-39-31-21-15-17-25-33-41-55(5)6)51-75-62(67)45-37-29-23-22-27-35-43-57(8)10-2/h54-60,65H,9-53H2,1-8H3,(H,70,71)(H,72,73)/t56?,57?,58-,59-,60-/m1/s1. The number of phosphoric acid groups is 2. The molecule has 0 amide bonds. The number of aliphatic hydroxyl groups is 1. The fourth-order valence-corrected chi connectivity index (χ4v) is 10.9. The van der Waals surface area contributed by atoms with Crippen LogP contribution in [0.2, 0.25) is 0 Å². The van der Waals surface area contributed by atoms with E-state index in [2.05, 4.69) is 55.4 Å². The highest BCUT2D eigenvalue weighted by Gasteiger charge is 2.30. The molecule has 0 aromatic heterocycles. The summed E-state index contributed by atoms with van der Waals surface area (Å²) in [7, 11) is -9.89. The van der Waals surface area contributed by atoms with Crippen molar-refractivity contribution in [3.63, 3.8) is 0 Å². The van der Waals surface area contributed by atoms with Gasteiger partial charge in [0.05, 0.1) is 26.4 Å². The van der Waals surface area contributed by atoms with E-state index >= 15 is 0 Å². The molecule has 4 unspecified atom stereocenters. The number of hydrogen-bond donors (Lipinski definition) is 3. The average Bonchev–Trinajstić information content (AvgIpc) is 3.46. The molecule has 0 rings (SSSR count). The number of hydrogen-bond acceptors (Lipinski definition) is 15. The Morgan fingerprint density at radius 1 is 0.337 bits per heavy atom. The maximum Gasteiger partial charge on any atom is 0.472 e. The lowest BCUT2D eigenvalue weighted by Gasteiger charge is -2.21. The van der Waals surface area contributed by atoms with Crippen molar-refractivity contribution >= 4 is 39.5 Å². The van der Waals surface area contributed by atoms with Crippen LogP contribution in [0.15, 0.2) is 0 Å². The molecule has 17 nitrogen and oxygen atoms in total. The normalized spacial score (nSPS) is 15.1. The molecule has 0 bridgehead atoms. The number of phosphoric ester groups is 2. The topological polar surface area (TPSA) is 237 Å². The van der Waals surface area contributed by atoms with Gasteiger partial charge in [0.25, 0.3) is 0 Å². The number of carbonyl (C=O) groups excluding carboxylic acids is 4. The third kappa shape index (κ3) is 56.3. The smallest absolute Gasteiger partial charge is 0.462 e. The fraction of sp³-hybridized carbons (Fsp3) is 0.938. The lowest BCUT2D eigenvalue weighted by molar-refractivity contribution is -0.161. The van der Waals surface area contributed by atoms with E-state index in [-0.39, 0.29) is 25.7 Å². The first-order valence-corrected chi connectivity index (χ1v) is 36.3. The predicted octanol–water partition coefficient (Wildman–Crippen LogP) is 17.4. The number of aliphatic hydroxyl groups excluding tert-OH is 1. The van der Waals surface area contributed by atoms with Crippen LogP contribution in [0.3, 0.4) is 0 Å². The zero-order valence-corrected chi connectivity index (χ0v) is 55.6. The summed E-state index contributed by atoms with van der Waals surface area (Å²) >= 11 is 0. The summed E-state index contributed by atoms with van der Waals surface area (Å²) < 4.78 is 68.0. The van der Waals surface area contributed by atoms with Gasteiger partial charge in [-0.1, -0.05) is 254 Å². The van der Waals surface area contributed by atoms with Gasteiger partial charge in [-0.3, -0.25) is 37.3 Å². The van der Waals surface area contributed by atoms with Gasteiger partial charge >= 0.3 is 39.5 Å². The van der Waals surface area contributed by atoms with Crippen LogP contribution >= 0.6 is 15.6 Å². The van der Waals surface area contributed by atoms with Gasteiger partial charge < -0.3 is 33.8 Å². The molecule has 0 saturated carbocycles. The second-order valence-electron chi connectivity index (χ2n) is 24.6.